The Morgan fingerprint density at radius 2 is 1.85 bits per heavy atom. The Morgan fingerprint density at radius 3 is 2.45 bits per heavy atom. The molecule has 0 saturated heterocycles. The third-order valence-electron chi connectivity index (χ3n) is 3.61. The Bertz CT molecular complexity index is 386. The maximum atomic E-state index is 11.7. The van der Waals surface area contributed by atoms with Crippen LogP contribution in [0, 0.1) is 5.92 Å². The predicted molar refractivity (Wildman–Crippen MR) is 84.1 cm³/mol. The number of rotatable bonds is 9. The molecule has 0 aliphatic heterocycles. The molecule has 1 atom stereocenters. The van der Waals surface area contributed by atoms with Gasteiger partial charge in [-0.25, -0.2) is 0 Å². The van der Waals surface area contributed by atoms with Gasteiger partial charge in [-0.15, -0.1) is 0 Å². The van der Waals surface area contributed by atoms with Gasteiger partial charge in [0.1, 0.15) is 6.26 Å². The Balaban J connectivity index is 2.17. The lowest BCUT2D eigenvalue weighted by atomic mass is 9.86. The van der Waals surface area contributed by atoms with Gasteiger partial charge in [0.15, 0.2) is 22.7 Å². The van der Waals surface area contributed by atoms with E-state index >= 15 is 0 Å². The topological polar surface area (TPSA) is 60.4 Å². The van der Waals surface area contributed by atoms with Gasteiger partial charge in [-0.3, -0.25) is 4.79 Å². The van der Waals surface area contributed by atoms with Crippen LogP contribution in [0.4, 0.5) is 0 Å². The van der Waals surface area contributed by atoms with E-state index in [0.717, 1.165) is 18.8 Å². The van der Waals surface area contributed by atoms with Crippen molar-refractivity contribution in [1.82, 2.24) is 0 Å². The van der Waals surface area contributed by atoms with E-state index in [2.05, 4.69) is 0 Å². The van der Waals surface area contributed by atoms with E-state index in [-0.39, 0.29) is 17.3 Å². The zero-order valence-electron chi connectivity index (χ0n) is 12.6. The monoisotopic (exact) mass is 323 g/mol. The van der Waals surface area contributed by atoms with Crippen molar-refractivity contribution in [3.05, 3.63) is 0 Å². The van der Waals surface area contributed by atoms with E-state index < -0.39 is 21.3 Å². The molecule has 1 rings (SSSR count). The molecule has 1 aliphatic carbocycles. The van der Waals surface area contributed by atoms with Crippen LogP contribution >= 0.6 is 0 Å². The van der Waals surface area contributed by atoms with E-state index in [4.69, 9.17) is 3.63 Å². The van der Waals surface area contributed by atoms with Crippen LogP contribution in [0.2, 0.25) is 0 Å². The van der Waals surface area contributed by atoms with E-state index in [1.54, 1.807) is 6.26 Å². The van der Waals surface area contributed by atoms with Crippen LogP contribution in [-0.2, 0) is 29.7 Å². The minimum Gasteiger partial charge on any atom is -0.295 e. The SMILES string of the molecule is CC(=O)C[S+](C)OS(=O)(=O)CCCCC1CCCCC1. The second-order valence-corrected chi connectivity index (χ2v) is 9.25. The quantitative estimate of drug-likeness (QED) is 0.483. The largest absolute Gasteiger partial charge is 0.311 e. The molecule has 1 unspecified atom stereocenters. The van der Waals surface area contributed by atoms with E-state index in [9.17, 15) is 13.2 Å². The highest BCUT2D eigenvalue weighted by molar-refractivity contribution is 8.02. The minimum absolute atomic E-state index is 0.0386. The molecule has 6 heteroatoms. The highest BCUT2D eigenvalue weighted by atomic mass is 32.3. The molecule has 0 bridgehead atoms. The molecule has 1 saturated carbocycles. The minimum atomic E-state index is -3.47. The molecule has 1 aliphatic rings. The maximum Gasteiger partial charge on any atom is 0.311 e. The van der Waals surface area contributed by atoms with Gasteiger partial charge in [0.25, 0.3) is 0 Å². The Morgan fingerprint density at radius 1 is 1.20 bits per heavy atom. The first-order valence-corrected chi connectivity index (χ1v) is 10.7. The highest BCUT2D eigenvalue weighted by Crippen LogP contribution is 2.27. The van der Waals surface area contributed by atoms with Gasteiger partial charge in [0.05, 0.1) is 5.75 Å². The standard InChI is InChI=1S/C14H27O4S2/c1-13(15)12-19(2)18-20(16,17)11-7-6-10-14-8-4-3-5-9-14/h14H,3-12H2,1-2H3/q+1. The number of hydrogen-bond donors (Lipinski definition) is 0. The Labute approximate surface area is 126 Å². The van der Waals surface area contributed by atoms with Gasteiger partial charge in [-0.1, -0.05) is 44.9 Å². The summed E-state index contributed by atoms with van der Waals surface area (Å²) in [4.78, 5) is 10.9. The lowest BCUT2D eigenvalue weighted by molar-refractivity contribution is -0.114. The Kier molecular flexibility index (Phi) is 8.14. The summed E-state index contributed by atoms with van der Waals surface area (Å²) in [6.45, 7) is 1.45. The molecular weight excluding hydrogens is 296 g/mol. The fraction of sp³-hybridized carbons (Fsp3) is 0.929. The van der Waals surface area contributed by atoms with Crippen molar-refractivity contribution in [2.45, 2.75) is 58.3 Å². The summed E-state index contributed by atoms with van der Waals surface area (Å²) in [7, 11) is -3.47. The molecule has 0 amide bonds. The highest BCUT2D eigenvalue weighted by Gasteiger charge is 2.26. The van der Waals surface area contributed by atoms with Gasteiger partial charge in [-0.05, 0) is 22.9 Å². The summed E-state index contributed by atoms with van der Waals surface area (Å²) in [6, 6.07) is 0. The first kappa shape index (κ1) is 18.0. The molecule has 0 heterocycles. The molecule has 0 spiro atoms. The lowest BCUT2D eigenvalue weighted by Crippen LogP contribution is -2.21. The van der Waals surface area contributed by atoms with Crippen LogP contribution in [0.3, 0.4) is 0 Å². The molecule has 118 valence electrons. The Hall–Kier alpha value is -0.0700. The number of unbranched alkanes of at least 4 members (excludes halogenated alkanes) is 1. The first-order chi connectivity index (χ1) is 9.39. The average Bonchev–Trinajstić information content (AvgIpc) is 2.34. The number of ketones is 1. The third kappa shape index (κ3) is 8.27. The van der Waals surface area contributed by atoms with Crippen molar-refractivity contribution < 1.29 is 16.8 Å². The molecule has 20 heavy (non-hydrogen) atoms. The molecule has 0 aromatic heterocycles. The van der Waals surface area contributed by atoms with E-state index in [1.807, 2.05) is 0 Å². The van der Waals surface area contributed by atoms with E-state index in [1.165, 1.54) is 39.0 Å². The molecular formula is C14H27O4S2+. The van der Waals surface area contributed by atoms with Crippen LogP contribution in [0.1, 0.15) is 58.3 Å². The van der Waals surface area contributed by atoms with Crippen molar-refractivity contribution in [3.8, 4) is 0 Å². The normalized spacial score (nSPS) is 18.9. The number of carbonyl (C=O) groups excluding carboxylic acids is 1. The van der Waals surface area contributed by atoms with Crippen molar-refractivity contribution in [1.29, 1.82) is 0 Å². The smallest absolute Gasteiger partial charge is 0.295 e. The summed E-state index contributed by atoms with van der Waals surface area (Å²) < 4.78 is 28.5. The van der Waals surface area contributed by atoms with Gasteiger partial charge in [0.2, 0.25) is 0 Å². The lowest BCUT2D eigenvalue weighted by Gasteiger charge is -2.21. The van der Waals surface area contributed by atoms with E-state index in [0.29, 0.717) is 6.42 Å². The van der Waals surface area contributed by atoms with Crippen molar-refractivity contribution in [3.63, 3.8) is 0 Å². The fourth-order valence-corrected chi connectivity index (χ4v) is 5.72. The van der Waals surface area contributed by atoms with Crippen LogP contribution in [0.25, 0.3) is 0 Å². The molecule has 4 nitrogen and oxygen atoms in total. The molecule has 0 aromatic carbocycles. The van der Waals surface area contributed by atoms with Crippen molar-refractivity contribution >= 4 is 27.1 Å². The van der Waals surface area contributed by atoms with Crippen LogP contribution in [0.5, 0.6) is 0 Å². The van der Waals surface area contributed by atoms with Crippen molar-refractivity contribution in [2.24, 2.45) is 5.92 Å². The van der Waals surface area contributed by atoms with Crippen molar-refractivity contribution in [2.75, 3.05) is 17.8 Å². The van der Waals surface area contributed by atoms with Crippen LogP contribution in [-0.4, -0.2) is 32.0 Å². The summed E-state index contributed by atoms with van der Waals surface area (Å²) in [5.41, 5.74) is 0. The summed E-state index contributed by atoms with van der Waals surface area (Å²) in [6.07, 6.45) is 11.0. The predicted octanol–water partition coefficient (Wildman–Crippen LogP) is 2.84. The maximum absolute atomic E-state index is 11.7. The molecule has 1 fully saturated rings. The molecule has 0 N–H and O–H groups in total. The number of carbonyl (C=O) groups is 1. The second kappa shape index (κ2) is 9.05. The second-order valence-electron chi connectivity index (χ2n) is 5.75. The zero-order valence-corrected chi connectivity index (χ0v) is 14.2. The zero-order chi connectivity index (χ0) is 15.0. The third-order valence-corrected chi connectivity index (χ3v) is 6.97. The fourth-order valence-electron chi connectivity index (χ4n) is 2.71. The molecule has 0 aromatic rings. The number of hydrogen-bond acceptors (Lipinski definition) is 4. The van der Waals surface area contributed by atoms with Gasteiger partial charge in [0, 0.05) is 0 Å². The summed E-state index contributed by atoms with van der Waals surface area (Å²) in [5.74, 6) is 1.02. The van der Waals surface area contributed by atoms with Crippen LogP contribution < -0.4 is 0 Å². The summed E-state index contributed by atoms with van der Waals surface area (Å²) in [5, 5.41) is 0. The van der Waals surface area contributed by atoms with Gasteiger partial charge in [-0.2, -0.15) is 8.42 Å². The molecule has 0 radical (unpaired) electrons. The average molecular weight is 324 g/mol. The van der Waals surface area contributed by atoms with Gasteiger partial charge < -0.3 is 0 Å². The van der Waals surface area contributed by atoms with Crippen LogP contribution in [0.15, 0.2) is 0 Å². The summed E-state index contributed by atoms with van der Waals surface area (Å²) >= 11 is -0.817. The van der Waals surface area contributed by atoms with Gasteiger partial charge >= 0.3 is 10.1 Å². The number of Topliss-reactive ketones (excluding diaryl/α,β-unsaturated/α-hetero) is 1. The first-order valence-electron chi connectivity index (χ1n) is 7.43.